The van der Waals surface area contributed by atoms with Crippen LogP contribution in [0.2, 0.25) is 0 Å². The van der Waals surface area contributed by atoms with Crippen LogP contribution in [0.3, 0.4) is 0 Å². The number of halogens is 1. The number of nitrogens with zero attached hydrogens (tertiary/aromatic N) is 1. The summed E-state index contributed by atoms with van der Waals surface area (Å²) in [5.41, 5.74) is -0.0752. The van der Waals surface area contributed by atoms with Gasteiger partial charge in [0.2, 0.25) is 0 Å². The lowest BCUT2D eigenvalue weighted by molar-refractivity contribution is -0.110. The zero-order valence-corrected chi connectivity index (χ0v) is 7.49. The molecule has 0 spiro atoms. The summed E-state index contributed by atoms with van der Waals surface area (Å²) >= 11 is 0. The topological polar surface area (TPSA) is 61.7 Å². The van der Waals surface area contributed by atoms with Gasteiger partial charge in [0.15, 0.2) is 0 Å². The highest BCUT2D eigenvalue weighted by atomic mass is 19.1. The van der Waals surface area contributed by atoms with Gasteiger partial charge < -0.3 is 10.5 Å². The lowest BCUT2D eigenvalue weighted by Gasteiger charge is -2.03. The number of benzene rings is 1. The minimum Gasteiger partial charge on any atom is -0.410 e. The number of nitrogens with one attached hydrogen (secondary N) is 1. The highest BCUT2D eigenvalue weighted by molar-refractivity contribution is 6.42. The van der Waals surface area contributed by atoms with Crippen molar-refractivity contribution in [3.63, 3.8) is 0 Å². The fourth-order valence-corrected chi connectivity index (χ4v) is 0.821. The molecule has 0 radical (unpaired) electrons. The smallest absolute Gasteiger partial charge is 0.273 e. The van der Waals surface area contributed by atoms with E-state index in [1.165, 1.54) is 25.1 Å². The molecule has 0 saturated carbocycles. The van der Waals surface area contributed by atoms with Crippen molar-refractivity contribution in [3.8, 4) is 0 Å². The number of anilines is 1. The van der Waals surface area contributed by atoms with Crippen molar-refractivity contribution in [2.24, 2.45) is 5.16 Å². The summed E-state index contributed by atoms with van der Waals surface area (Å²) in [6, 6.07) is 5.74. The van der Waals surface area contributed by atoms with Crippen LogP contribution in [0.5, 0.6) is 0 Å². The molecule has 1 amide bonds. The summed E-state index contributed by atoms with van der Waals surface area (Å²) in [7, 11) is 0. The summed E-state index contributed by atoms with van der Waals surface area (Å²) in [6.45, 7) is 1.32. The van der Waals surface area contributed by atoms with Crippen molar-refractivity contribution < 1.29 is 14.4 Å². The Morgan fingerprint density at radius 3 is 2.71 bits per heavy atom. The third-order valence-corrected chi connectivity index (χ3v) is 1.60. The molecule has 5 heteroatoms. The molecule has 0 aromatic heterocycles. The molecule has 0 fully saturated rings. The number of carbonyl (C=O) groups is 1. The molecule has 1 rings (SSSR count). The number of hydrogen-bond acceptors (Lipinski definition) is 3. The molecule has 0 heterocycles. The van der Waals surface area contributed by atoms with Crippen molar-refractivity contribution in [2.45, 2.75) is 6.92 Å². The Kier molecular flexibility index (Phi) is 3.17. The number of rotatable bonds is 2. The fraction of sp³-hybridized carbons (Fsp3) is 0.111. The first-order chi connectivity index (χ1) is 6.65. The molecule has 14 heavy (non-hydrogen) atoms. The molecular weight excluding hydrogens is 187 g/mol. The van der Waals surface area contributed by atoms with E-state index in [4.69, 9.17) is 5.21 Å². The first kappa shape index (κ1) is 10.2. The predicted octanol–water partition coefficient (Wildman–Crippen LogP) is 1.61. The zero-order chi connectivity index (χ0) is 10.6. The van der Waals surface area contributed by atoms with Crippen LogP contribution >= 0.6 is 0 Å². The third-order valence-electron chi connectivity index (χ3n) is 1.60. The fourth-order valence-electron chi connectivity index (χ4n) is 0.821. The molecule has 1 aromatic carbocycles. The van der Waals surface area contributed by atoms with Gasteiger partial charge in [0.25, 0.3) is 5.91 Å². The maximum atomic E-state index is 13.0. The van der Waals surface area contributed by atoms with E-state index in [0.717, 1.165) is 0 Å². The normalized spacial score (nSPS) is 11.1. The third kappa shape index (κ3) is 2.29. The summed E-state index contributed by atoms with van der Waals surface area (Å²) in [5, 5.41) is 13.2. The Labute approximate surface area is 80.0 Å². The van der Waals surface area contributed by atoms with Crippen LogP contribution in [-0.2, 0) is 4.79 Å². The van der Waals surface area contributed by atoms with Gasteiger partial charge in [0.05, 0.1) is 5.69 Å². The first-order valence-corrected chi connectivity index (χ1v) is 3.89. The Hall–Kier alpha value is -1.91. The number of hydrogen-bond donors (Lipinski definition) is 2. The zero-order valence-electron chi connectivity index (χ0n) is 7.49. The van der Waals surface area contributed by atoms with Gasteiger partial charge in [-0.2, -0.15) is 0 Å². The minimum absolute atomic E-state index is 0.0560. The van der Waals surface area contributed by atoms with Gasteiger partial charge in [0, 0.05) is 0 Å². The second kappa shape index (κ2) is 4.36. The lowest BCUT2D eigenvalue weighted by atomic mass is 10.3. The standard InChI is InChI=1S/C9H9FN2O2/c1-6(12-14)9(13)11-8-5-3-2-4-7(8)10/h2-5,14H,1H3,(H,11,13). The molecule has 0 atom stereocenters. The quantitative estimate of drug-likeness (QED) is 0.429. The van der Waals surface area contributed by atoms with E-state index >= 15 is 0 Å². The van der Waals surface area contributed by atoms with Crippen LogP contribution < -0.4 is 5.32 Å². The molecule has 0 aliphatic heterocycles. The molecule has 0 saturated heterocycles. The Morgan fingerprint density at radius 2 is 2.14 bits per heavy atom. The van der Waals surface area contributed by atoms with E-state index in [0.29, 0.717) is 0 Å². The minimum atomic E-state index is -0.641. The molecule has 0 aliphatic carbocycles. The molecule has 0 unspecified atom stereocenters. The van der Waals surface area contributed by atoms with Crippen molar-refractivity contribution >= 4 is 17.3 Å². The predicted molar refractivity (Wildman–Crippen MR) is 49.9 cm³/mol. The number of para-hydroxylation sites is 1. The number of carbonyl (C=O) groups excluding carboxylic acids is 1. The number of amides is 1. The summed E-state index contributed by atoms with van der Waals surface area (Å²) < 4.78 is 13.0. The van der Waals surface area contributed by atoms with E-state index in [1.807, 2.05) is 0 Å². The molecule has 0 bridgehead atoms. The first-order valence-electron chi connectivity index (χ1n) is 3.89. The lowest BCUT2D eigenvalue weighted by Crippen LogP contribution is -2.20. The van der Waals surface area contributed by atoms with Gasteiger partial charge in [-0.3, -0.25) is 4.79 Å². The van der Waals surface area contributed by atoms with Gasteiger partial charge in [-0.1, -0.05) is 17.3 Å². The van der Waals surface area contributed by atoms with E-state index in [1.54, 1.807) is 6.07 Å². The van der Waals surface area contributed by atoms with Gasteiger partial charge in [0.1, 0.15) is 11.5 Å². The van der Waals surface area contributed by atoms with Crippen LogP contribution in [-0.4, -0.2) is 16.8 Å². The molecule has 2 N–H and O–H groups in total. The largest absolute Gasteiger partial charge is 0.410 e. The average Bonchev–Trinajstić information content (AvgIpc) is 2.20. The van der Waals surface area contributed by atoms with Gasteiger partial charge in [-0.05, 0) is 19.1 Å². The molecular formula is C9H9FN2O2. The van der Waals surface area contributed by atoms with Gasteiger partial charge in [-0.15, -0.1) is 0 Å². The van der Waals surface area contributed by atoms with Crippen LogP contribution in [0.15, 0.2) is 29.4 Å². The molecule has 74 valence electrons. The molecule has 1 aromatic rings. The van der Waals surface area contributed by atoms with Gasteiger partial charge >= 0.3 is 0 Å². The summed E-state index contributed by atoms with van der Waals surface area (Å²) in [4.78, 5) is 11.1. The van der Waals surface area contributed by atoms with Crippen LogP contribution in [0, 0.1) is 5.82 Å². The Bertz CT molecular complexity index is 377. The maximum Gasteiger partial charge on any atom is 0.273 e. The van der Waals surface area contributed by atoms with Gasteiger partial charge in [-0.25, -0.2) is 4.39 Å². The van der Waals surface area contributed by atoms with Crippen LogP contribution in [0.1, 0.15) is 6.92 Å². The molecule has 0 aliphatic rings. The monoisotopic (exact) mass is 196 g/mol. The maximum absolute atomic E-state index is 13.0. The van der Waals surface area contributed by atoms with E-state index < -0.39 is 11.7 Å². The van der Waals surface area contributed by atoms with Crippen molar-refractivity contribution in [3.05, 3.63) is 30.1 Å². The van der Waals surface area contributed by atoms with E-state index in [9.17, 15) is 9.18 Å². The Morgan fingerprint density at radius 1 is 1.50 bits per heavy atom. The van der Waals surface area contributed by atoms with Crippen LogP contribution in [0.4, 0.5) is 10.1 Å². The second-order valence-electron chi connectivity index (χ2n) is 2.62. The van der Waals surface area contributed by atoms with E-state index in [2.05, 4.69) is 10.5 Å². The average molecular weight is 196 g/mol. The van der Waals surface area contributed by atoms with E-state index in [-0.39, 0.29) is 11.4 Å². The van der Waals surface area contributed by atoms with Crippen molar-refractivity contribution in [1.82, 2.24) is 0 Å². The SMILES string of the molecule is CC(=NO)C(=O)Nc1ccccc1F. The van der Waals surface area contributed by atoms with Crippen molar-refractivity contribution in [1.29, 1.82) is 0 Å². The van der Waals surface area contributed by atoms with Crippen molar-refractivity contribution in [2.75, 3.05) is 5.32 Å². The summed E-state index contributed by atoms with van der Waals surface area (Å²) in [5.74, 6) is -1.18. The summed E-state index contributed by atoms with van der Waals surface area (Å²) in [6.07, 6.45) is 0. The molecule has 4 nitrogen and oxygen atoms in total. The highest BCUT2D eigenvalue weighted by Gasteiger charge is 2.08. The van der Waals surface area contributed by atoms with Crippen LogP contribution in [0.25, 0.3) is 0 Å². The Balaban J connectivity index is 2.80. The number of oxime groups is 1. The second-order valence-corrected chi connectivity index (χ2v) is 2.62. The highest BCUT2D eigenvalue weighted by Crippen LogP contribution is 2.11.